The van der Waals surface area contributed by atoms with E-state index in [4.69, 9.17) is 4.42 Å². The van der Waals surface area contributed by atoms with Gasteiger partial charge < -0.3 is 9.73 Å². The molecule has 0 amide bonds. The molecule has 0 saturated heterocycles. The van der Waals surface area contributed by atoms with E-state index in [0.717, 1.165) is 47.1 Å². The van der Waals surface area contributed by atoms with E-state index in [1.165, 1.54) is 5.56 Å². The Bertz CT molecular complexity index is 990. The number of nitrogens with one attached hydrogen (secondary N) is 1. The minimum atomic E-state index is 0.739. The summed E-state index contributed by atoms with van der Waals surface area (Å²) in [5, 5.41) is 8.18. The summed E-state index contributed by atoms with van der Waals surface area (Å²) >= 11 is 0. The van der Waals surface area contributed by atoms with Gasteiger partial charge in [-0.25, -0.2) is 4.98 Å². The summed E-state index contributed by atoms with van der Waals surface area (Å²) in [7, 11) is 0. The average Bonchev–Trinajstić information content (AvgIpc) is 3.28. The fourth-order valence-corrected chi connectivity index (χ4v) is 2.83. The minimum Gasteiger partial charge on any atom is -0.463 e. The predicted molar refractivity (Wildman–Crippen MR) is 96.6 cm³/mol. The Kier molecular flexibility index (Phi) is 3.93. The third-order valence-corrected chi connectivity index (χ3v) is 4.31. The molecular weight excluding hydrogens is 314 g/mol. The molecule has 4 heterocycles. The highest BCUT2D eigenvalue weighted by Crippen LogP contribution is 2.24. The van der Waals surface area contributed by atoms with Gasteiger partial charge in [0.2, 0.25) is 0 Å². The quantitative estimate of drug-likeness (QED) is 0.604. The fraction of sp³-hybridized carbons (Fsp3) is 0.211. The smallest absolute Gasteiger partial charge is 0.158 e. The molecule has 6 nitrogen and oxygen atoms in total. The monoisotopic (exact) mass is 333 g/mol. The molecule has 25 heavy (non-hydrogen) atoms. The molecule has 1 N–H and O–H groups in total. The maximum atomic E-state index is 5.46. The van der Waals surface area contributed by atoms with E-state index in [-0.39, 0.29) is 0 Å². The van der Waals surface area contributed by atoms with Gasteiger partial charge in [0.05, 0.1) is 6.26 Å². The van der Waals surface area contributed by atoms with Crippen molar-refractivity contribution in [1.82, 2.24) is 19.6 Å². The number of hydrogen-bond acceptors (Lipinski definition) is 5. The van der Waals surface area contributed by atoms with Gasteiger partial charge in [-0.2, -0.15) is 9.61 Å². The summed E-state index contributed by atoms with van der Waals surface area (Å²) < 4.78 is 7.31. The van der Waals surface area contributed by atoms with Gasteiger partial charge >= 0.3 is 0 Å². The second-order valence-electron chi connectivity index (χ2n) is 5.98. The van der Waals surface area contributed by atoms with Crippen molar-refractivity contribution >= 4 is 11.5 Å². The number of pyridine rings is 1. The van der Waals surface area contributed by atoms with Crippen molar-refractivity contribution in [2.75, 3.05) is 11.9 Å². The molecule has 0 aliphatic rings. The van der Waals surface area contributed by atoms with Crippen LogP contribution in [-0.2, 0) is 6.42 Å². The fourth-order valence-electron chi connectivity index (χ4n) is 2.83. The van der Waals surface area contributed by atoms with Crippen molar-refractivity contribution in [3.05, 3.63) is 65.8 Å². The number of rotatable bonds is 5. The number of fused-ring (bicyclic) bond motifs is 1. The lowest BCUT2D eigenvalue weighted by molar-refractivity contribution is 0.579. The predicted octanol–water partition coefficient (Wildman–Crippen LogP) is 3.66. The standard InChI is InChI=1S/C19H19N5O/c1-13-14(2)22-18-12-16(17-4-3-11-25-17)23-24(18)19(13)21-10-7-15-5-8-20-9-6-15/h3-6,8-9,11-12,21H,7,10H2,1-2H3. The van der Waals surface area contributed by atoms with Crippen molar-refractivity contribution in [3.8, 4) is 11.5 Å². The first-order chi connectivity index (χ1) is 12.2. The molecule has 0 radical (unpaired) electrons. The van der Waals surface area contributed by atoms with Gasteiger partial charge in [-0.05, 0) is 50.1 Å². The van der Waals surface area contributed by atoms with Gasteiger partial charge in [0, 0.05) is 36.3 Å². The molecule has 4 rings (SSSR count). The highest BCUT2D eigenvalue weighted by molar-refractivity contribution is 5.63. The SMILES string of the molecule is Cc1nc2cc(-c3ccco3)nn2c(NCCc2ccncc2)c1C. The van der Waals surface area contributed by atoms with Crippen molar-refractivity contribution in [3.63, 3.8) is 0 Å². The molecule has 0 bridgehead atoms. The third-order valence-electron chi connectivity index (χ3n) is 4.31. The lowest BCUT2D eigenvalue weighted by Crippen LogP contribution is -2.12. The Morgan fingerprint density at radius 3 is 2.76 bits per heavy atom. The summed E-state index contributed by atoms with van der Waals surface area (Å²) in [6.07, 6.45) is 6.20. The molecule has 4 aromatic rings. The van der Waals surface area contributed by atoms with Crippen LogP contribution in [0.4, 0.5) is 5.82 Å². The van der Waals surface area contributed by atoms with Gasteiger partial charge in [0.15, 0.2) is 11.4 Å². The normalized spacial score (nSPS) is 11.1. The number of furan rings is 1. The first-order valence-electron chi connectivity index (χ1n) is 8.26. The molecule has 0 unspecified atom stereocenters. The lowest BCUT2D eigenvalue weighted by atomic mass is 10.2. The lowest BCUT2D eigenvalue weighted by Gasteiger charge is -2.13. The number of aryl methyl sites for hydroxylation is 1. The van der Waals surface area contributed by atoms with Crippen LogP contribution in [0.2, 0.25) is 0 Å². The van der Waals surface area contributed by atoms with E-state index in [2.05, 4.69) is 27.3 Å². The van der Waals surface area contributed by atoms with E-state index in [1.54, 1.807) is 6.26 Å². The van der Waals surface area contributed by atoms with Crippen LogP contribution in [0.15, 0.2) is 53.4 Å². The van der Waals surface area contributed by atoms with E-state index in [0.29, 0.717) is 0 Å². The van der Waals surface area contributed by atoms with E-state index in [1.807, 2.05) is 54.2 Å². The van der Waals surface area contributed by atoms with Gasteiger partial charge in [-0.3, -0.25) is 4.98 Å². The molecule has 0 aliphatic carbocycles. The molecule has 0 fully saturated rings. The van der Waals surface area contributed by atoms with Crippen LogP contribution in [-0.4, -0.2) is 26.1 Å². The third kappa shape index (κ3) is 2.98. The second kappa shape index (κ2) is 6.39. The number of hydrogen-bond donors (Lipinski definition) is 1. The Labute approximate surface area is 145 Å². The average molecular weight is 333 g/mol. The number of nitrogens with zero attached hydrogens (tertiary/aromatic N) is 4. The zero-order valence-corrected chi connectivity index (χ0v) is 14.2. The van der Waals surface area contributed by atoms with Crippen molar-refractivity contribution in [1.29, 1.82) is 0 Å². The molecule has 6 heteroatoms. The topological polar surface area (TPSA) is 68.2 Å². The molecule has 126 valence electrons. The Morgan fingerprint density at radius 1 is 1.16 bits per heavy atom. The van der Waals surface area contributed by atoms with Gasteiger partial charge in [-0.1, -0.05) is 0 Å². The van der Waals surface area contributed by atoms with Crippen molar-refractivity contribution < 1.29 is 4.42 Å². The highest BCUT2D eigenvalue weighted by atomic mass is 16.3. The summed E-state index contributed by atoms with van der Waals surface area (Å²) in [5.74, 6) is 1.71. The summed E-state index contributed by atoms with van der Waals surface area (Å²) in [5.41, 5.74) is 4.92. The van der Waals surface area contributed by atoms with Crippen LogP contribution in [0.1, 0.15) is 16.8 Å². The Balaban J connectivity index is 1.65. The molecule has 4 aromatic heterocycles. The highest BCUT2D eigenvalue weighted by Gasteiger charge is 2.14. The molecule has 0 aromatic carbocycles. The summed E-state index contributed by atoms with van der Waals surface area (Å²) in [4.78, 5) is 8.70. The molecular formula is C19H19N5O. The first kappa shape index (κ1) is 15.4. The largest absolute Gasteiger partial charge is 0.463 e. The van der Waals surface area contributed by atoms with Crippen molar-refractivity contribution in [2.24, 2.45) is 0 Å². The molecule has 0 aliphatic heterocycles. The van der Waals surface area contributed by atoms with E-state index >= 15 is 0 Å². The first-order valence-corrected chi connectivity index (χ1v) is 8.26. The van der Waals surface area contributed by atoms with Crippen LogP contribution in [0.25, 0.3) is 17.1 Å². The minimum absolute atomic E-state index is 0.739. The zero-order valence-electron chi connectivity index (χ0n) is 14.2. The second-order valence-corrected chi connectivity index (χ2v) is 5.98. The van der Waals surface area contributed by atoms with E-state index < -0.39 is 0 Å². The van der Waals surface area contributed by atoms with Gasteiger partial charge in [0.25, 0.3) is 0 Å². The van der Waals surface area contributed by atoms with Crippen LogP contribution in [0.5, 0.6) is 0 Å². The maximum absolute atomic E-state index is 5.46. The van der Waals surface area contributed by atoms with Crippen LogP contribution < -0.4 is 5.32 Å². The van der Waals surface area contributed by atoms with Gasteiger partial charge in [0.1, 0.15) is 11.5 Å². The van der Waals surface area contributed by atoms with E-state index in [9.17, 15) is 0 Å². The van der Waals surface area contributed by atoms with Gasteiger partial charge in [-0.15, -0.1) is 0 Å². The van der Waals surface area contributed by atoms with Crippen LogP contribution in [0.3, 0.4) is 0 Å². The zero-order chi connectivity index (χ0) is 17.2. The molecule has 0 atom stereocenters. The Morgan fingerprint density at radius 2 is 2.00 bits per heavy atom. The molecule has 0 saturated carbocycles. The summed E-state index contributed by atoms with van der Waals surface area (Å²) in [6.45, 7) is 4.88. The number of aromatic nitrogens is 4. The maximum Gasteiger partial charge on any atom is 0.158 e. The summed E-state index contributed by atoms with van der Waals surface area (Å²) in [6, 6.07) is 9.77. The number of anilines is 1. The van der Waals surface area contributed by atoms with Crippen LogP contribution >= 0.6 is 0 Å². The molecule has 0 spiro atoms. The van der Waals surface area contributed by atoms with Crippen LogP contribution in [0, 0.1) is 13.8 Å². The Hall–Kier alpha value is -3.15. The van der Waals surface area contributed by atoms with Crippen molar-refractivity contribution in [2.45, 2.75) is 20.3 Å².